The summed E-state index contributed by atoms with van der Waals surface area (Å²) >= 11 is 0. The Bertz CT molecular complexity index is 531. The maximum Gasteiger partial charge on any atom is 0.165 e. The fourth-order valence-electron chi connectivity index (χ4n) is 1.55. The van der Waals surface area contributed by atoms with Crippen LogP contribution in [0.25, 0.3) is 0 Å². The first kappa shape index (κ1) is 11.2. The molecule has 0 heterocycles. The van der Waals surface area contributed by atoms with Crippen LogP contribution < -0.4 is 5.32 Å². The number of hydrogen-bond donors (Lipinski definition) is 2. The van der Waals surface area contributed by atoms with Gasteiger partial charge in [-0.2, -0.15) is 5.26 Å². The summed E-state index contributed by atoms with van der Waals surface area (Å²) in [6.45, 7) is 0. The maximum atomic E-state index is 9.43. The molecule has 0 bridgehead atoms. The molecule has 0 saturated heterocycles. The number of hydrogen-bond acceptors (Lipinski definition) is 3. The van der Waals surface area contributed by atoms with Crippen molar-refractivity contribution in [2.75, 3.05) is 5.32 Å². The second kappa shape index (κ2) is 5.15. The lowest BCUT2D eigenvalue weighted by molar-refractivity contribution is 0.236. The molecule has 1 unspecified atom stereocenters. The van der Waals surface area contributed by atoms with Gasteiger partial charge in [0.1, 0.15) is 0 Å². The zero-order valence-corrected chi connectivity index (χ0v) is 9.17. The summed E-state index contributed by atoms with van der Waals surface area (Å²) in [5.74, 6) is 0. The largest absolute Gasteiger partial charge is 0.374 e. The molecule has 2 aromatic rings. The first-order valence-electron chi connectivity index (χ1n) is 5.29. The van der Waals surface area contributed by atoms with Crippen molar-refractivity contribution in [2.24, 2.45) is 0 Å². The van der Waals surface area contributed by atoms with E-state index in [-0.39, 0.29) is 0 Å². The van der Waals surface area contributed by atoms with Gasteiger partial charge in [0.05, 0.1) is 6.07 Å². The molecule has 0 aliphatic heterocycles. The monoisotopic (exact) mass is 224 g/mol. The van der Waals surface area contributed by atoms with Crippen LogP contribution in [0.4, 0.5) is 11.4 Å². The second-order valence-electron chi connectivity index (χ2n) is 3.65. The molecule has 2 aromatic carbocycles. The van der Waals surface area contributed by atoms with Crippen molar-refractivity contribution >= 4 is 11.4 Å². The SMILES string of the molecule is N#CC(O)c1cccc(Nc2ccccc2)c1. The molecule has 2 N–H and O–H groups in total. The molecule has 0 fully saturated rings. The van der Waals surface area contributed by atoms with E-state index in [0.717, 1.165) is 11.4 Å². The van der Waals surface area contributed by atoms with Crippen molar-refractivity contribution in [3.63, 3.8) is 0 Å². The molecule has 3 heteroatoms. The third-order valence-electron chi connectivity index (χ3n) is 2.39. The highest BCUT2D eigenvalue weighted by Crippen LogP contribution is 2.20. The van der Waals surface area contributed by atoms with Crippen LogP contribution in [0.15, 0.2) is 54.6 Å². The van der Waals surface area contributed by atoms with E-state index in [9.17, 15) is 5.11 Å². The van der Waals surface area contributed by atoms with Crippen LogP contribution in [0.5, 0.6) is 0 Å². The van der Waals surface area contributed by atoms with Gasteiger partial charge < -0.3 is 10.4 Å². The number of nitrogens with one attached hydrogen (secondary N) is 1. The van der Waals surface area contributed by atoms with Gasteiger partial charge in [-0.25, -0.2) is 0 Å². The minimum atomic E-state index is -1.08. The Morgan fingerprint density at radius 2 is 1.71 bits per heavy atom. The molecule has 1 atom stereocenters. The van der Waals surface area contributed by atoms with Crippen molar-refractivity contribution in [3.05, 3.63) is 60.2 Å². The molecule has 3 nitrogen and oxygen atoms in total. The first-order valence-corrected chi connectivity index (χ1v) is 5.29. The Morgan fingerprint density at radius 3 is 2.41 bits per heavy atom. The minimum absolute atomic E-state index is 0.591. The van der Waals surface area contributed by atoms with E-state index >= 15 is 0 Å². The van der Waals surface area contributed by atoms with Gasteiger partial charge in [-0.1, -0.05) is 30.3 Å². The van der Waals surface area contributed by atoms with E-state index in [1.54, 1.807) is 24.3 Å². The minimum Gasteiger partial charge on any atom is -0.374 e. The molecule has 17 heavy (non-hydrogen) atoms. The van der Waals surface area contributed by atoms with E-state index in [4.69, 9.17) is 5.26 Å². The lowest BCUT2D eigenvalue weighted by Crippen LogP contribution is -1.95. The number of benzene rings is 2. The van der Waals surface area contributed by atoms with Gasteiger partial charge in [-0.15, -0.1) is 0 Å². The quantitative estimate of drug-likeness (QED) is 0.788. The molecule has 84 valence electrons. The second-order valence-corrected chi connectivity index (χ2v) is 3.65. The van der Waals surface area contributed by atoms with Crippen molar-refractivity contribution in [2.45, 2.75) is 6.10 Å². The first-order chi connectivity index (χ1) is 8.29. The Hall–Kier alpha value is -2.31. The Balaban J connectivity index is 2.20. The summed E-state index contributed by atoms with van der Waals surface area (Å²) in [7, 11) is 0. The third kappa shape index (κ3) is 2.83. The van der Waals surface area contributed by atoms with E-state index in [2.05, 4.69) is 5.32 Å². The van der Waals surface area contributed by atoms with Gasteiger partial charge in [0, 0.05) is 11.4 Å². The Morgan fingerprint density at radius 1 is 1.00 bits per heavy atom. The standard InChI is InChI=1S/C14H12N2O/c15-10-14(17)11-5-4-8-13(9-11)16-12-6-2-1-3-7-12/h1-9,14,16-17H. The highest BCUT2D eigenvalue weighted by atomic mass is 16.3. The molecule has 0 saturated carbocycles. The van der Waals surface area contributed by atoms with Crippen molar-refractivity contribution in [1.82, 2.24) is 0 Å². The van der Waals surface area contributed by atoms with Crippen LogP contribution >= 0.6 is 0 Å². The van der Waals surface area contributed by atoms with Crippen LogP contribution in [0.2, 0.25) is 0 Å². The summed E-state index contributed by atoms with van der Waals surface area (Å²) < 4.78 is 0. The van der Waals surface area contributed by atoms with Gasteiger partial charge in [-0.3, -0.25) is 0 Å². The molecule has 0 aromatic heterocycles. The highest BCUT2D eigenvalue weighted by Gasteiger charge is 2.05. The normalized spacial score (nSPS) is 11.5. The molecular weight excluding hydrogens is 212 g/mol. The molecule has 0 radical (unpaired) electrons. The smallest absolute Gasteiger partial charge is 0.165 e. The van der Waals surface area contributed by atoms with Gasteiger partial charge >= 0.3 is 0 Å². The van der Waals surface area contributed by atoms with Crippen molar-refractivity contribution < 1.29 is 5.11 Å². The van der Waals surface area contributed by atoms with Crippen LogP contribution in [0, 0.1) is 11.3 Å². The van der Waals surface area contributed by atoms with Gasteiger partial charge in [0.25, 0.3) is 0 Å². The number of nitriles is 1. The summed E-state index contributed by atoms with van der Waals surface area (Å²) in [4.78, 5) is 0. The fraction of sp³-hybridized carbons (Fsp3) is 0.0714. The predicted molar refractivity (Wildman–Crippen MR) is 66.7 cm³/mol. The number of nitrogens with zero attached hydrogens (tertiary/aromatic N) is 1. The summed E-state index contributed by atoms with van der Waals surface area (Å²) in [6.07, 6.45) is -1.08. The number of para-hydroxylation sites is 1. The van der Waals surface area contributed by atoms with Gasteiger partial charge in [0.2, 0.25) is 0 Å². The highest BCUT2D eigenvalue weighted by molar-refractivity contribution is 5.60. The summed E-state index contributed by atoms with van der Waals surface area (Å²) in [5, 5.41) is 21.3. The van der Waals surface area contributed by atoms with E-state index in [0.29, 0.717) is 5.56 Å². The molecule has 2 rings (SSSR count). The Kier molecular flexibility index (Phi) is 3.39. The van der Waals surface area contributed by atoms with E-state index in [1.165, 1.54) is 0 Å². The number of aliphatic hydroxyl groups is 1. The lowest BCUT2D eigenvalue weighted by atomic mass is 10.1. The van der Waals surface area contributed by atoms with Gasteiger partial charge in [-0.05, 0) is 29.8 Å². The van der Waals surface area contributed by atoms with E-state index < -0.39 is 6.10 Å². The van der Waals surface area contributed by atoms with Crippen molar-refractivity contribution in [3.8, 4) is 6.07 Å². The zero-order valence-electron chi connectivity index (χ0n) is 9.17. The number of rotatable bonds is 3. The molecule has 0 spiro atoms. The molecule has 0 aliphatic rings. The zero-order chi connectivity index (χ0) is 12.1. The van der Waals surface area contributed by atoms with Crippen LogP contribution in [0.3, 0.4) is 0 Å². The number of aliphatic hydroxyl groups excluding tert-OH is 1. The molecule has 0 aliphatic carbocycles. The van der Waals surface area contributed by atoms with Crippen LogP contribution in [0.1, 0.15) is 11.7 Å². The molecular formula is C14H12N2O. The third-order valence-corrected chi connectivity index (χ3v) is 2.39. The van der Waals surface area contributed by atoms with Crippen molar-refractivity contribution in [1.29, 1.82) is 5.26 Å². The predicted octanol–water partition coefficient (Wildman–Crippen LogP) is 2.99. The fourth-order valence-corrected chi connectivity index (χ4v) is 1.55. The lowest BCUT2D eigenvalue weighted by Gasteiger charge is -2.08. The van der Waals surface area contributed by atoms with E-state index in [1.807, 2.05) is 36.4 Å². The topological polar surface area (TPSA) is 56.0 Å². The summed E-state index contributed by atoms with van der Waals surface area (Å²) in [6, 6.07) is 18.7. The van der Waals surface area contributed by atoms with Crippen LogP contribution in [-0.2, 0) is 0 Å². The summed E-state index contributed by atoms with van der Waals surface area (Å²) in [5.41, 5.74) is 2.41. The maximum absolute atomic E-state index is 9.43. The average Bonchev–Trinajstić information content (AvgIpc) is 2.39. The number of anilines is 2. The van der Waals surface area contributed by atoms with Crippen LogP contribution in [-0.4, -0.2) is 5.11 Å². The van der Waals surface area contributed by atoms with Gasteiger partial charge in [0.15, 0.2) is 6.10 Å². The average molecular weight is 224 g/mol. The molecule has 0 amide bonds. The Labute approximate surface area is 100.0 Å².